The standard InChI is InChI=1S/C17H18N2O/c1-17(2,3)11-7-8-14(18-10-11)12-5-4-6-15-13(12)9-16(20)19-15/h4-8,10H,9H2,1-3H3,(H,19,20). The fourth-order valence-corrected chi connectivity index (χ4v) is 2.49. The van der Waals surface area contributed by atoms with Crippen molar-refractivity contribution < 1.29 is 4.79 Å². The van der Waals surface area contributed by atoms with Gasteiger partial charge in [0.15, 0.2) is 0 Å². The summed E-state index contributed by atoms with van der Waals surface area (Å²) in [6, 6.07) is 10.1. The third-order valence-electron chi connectivity index (χ3n) is 3.69. The molecule has 1 aliphatic rings. The summed E-state index contributed by atoms with van der Waals surface area (Å²) in [6.07, 6.45) is 2.37. The summed E-state index contributed by atoms with van der Waals surface area (Å²) in [5.74, 6) is 0.0544. The molecule has 0 saturated carbocycles. The first kappa shape index (κ1) is 12.9. The molecule has 1 aromatic heterocycles. The third-order valence-corrected chi connectivity index (χ3v) is 3.69. The third kappa shape index (κ3) is 2.20. The molecule has 0 aliphatic carbocycles. The van der Waals surface area contributed by atoms with E-state index in [4.69, 9.17) is 0 Å². The van der Waals surface area contributed by atoms with Crippen molar-refractivity contribution in [2.24, 2.45) is 0 Å². The molecule has 0 fully saturated rings. The highest BCUT2D eigenvalue weighted by Gasteiger charge is 2.22. The van der Waals surface area contributed by atoms with Crippen molar-refractivity contribution in [2.45, 2.75) is 32.6 Å². The van der Waals surface area contributed by atoms with Gasteiger partial charge in [-0.3, -0.25) is 9.78 Å². The van der Waals surface area contributed by atoms with Gasteiger partial charge in [-0.15, -0.1) is 0 Å². The van der Waals surface area contributed by atoms with Gasteiger partial charge in [0.1, 0.15) is 0 Å². The fraction of sp³-hybridized carbons (Fsp3) is 0.294. The molecule has 20 heavy (non-hydrogen) atoms. The highest BCUT2D eigenvalue weighted by Crippen LogP contribution is 2.33. The Morgan fingerprint density at radius 1 is 1.15 bits per heavy atom. The second-order valence-electron chi connectivity index (χ2n) is 6.24. The van der Waals surface area contributed by atoms with Gasteiger partial charge >= 0.3 is 0 Å². The summed E-state index contributed by atoms with van der Waals surface area (Å²) in [6.45, 7) is 6.52. The minimum absolute atomic E-state index is 0.0544. The molecule has 3 nitrogen and oxygen atoms in total. The van der Waals surface area contributed by atoms with E-state index >= 15 is 0 Å². The molecule has 0 unspecified atom stereocenters. The number of carbonyl (C=O) groups is 1. The van der Waals surface area contributed by atoms with Crippen LogP contribution in [0.2, 0.25) is 0 Å². The predicted molar refractivity (Wildman–Crippen MR) is 80.7 cm³/mol. The number of hydrogen-bond acceptors (Lipinski definition) is 2. The van der Waals surface area contributed by atoms with Crippen LogP contribution < -0.4 is 5.32 Å². The van der Waals surface area contributed by atoms with Gasteiger partial charge in [-0.25, -0.2) is 0 Å². The normalized spacial score (nSPS) is 14.1. The van der Waals surface area contributed by atoms with Crippen LogP contribution >= 0.6 is 0 Å². The number of nitrogens with zero attached hydrogens (tertiary/aromatic N) is 1. The zero-order chi connectivity index (χ0) is 14.3. The van der Waals surface area contributed by atoms with Crippen LogP contribution in [0.15, 0.2) is 36.5 Å². The monoisotopic (exact) mass is 266 g/mol. The van der Waals surface area contributed by atoms with Crippen LogP contribution in [0.1, 0.15) is 31.9 Å². The quantitative estimate of drug-likeness (QED) is 0.857. The molecular weight excluding hydrogens is 248 g/mol. The molecule has 0 atom stereocenters. The average Bonchev–Trinajstić information content (AvgIpc) is 2.78. The molecule has 1 N–H and O–H groups in total. The summed E-state index contributed by atoms with van der Waals surface area (Å²) < 4.78 is 0. The van der Waals surface area contributed by atoms with Crippen molar-refractivity contribution in [2.75, 3.05) is 5.32 Å². The maximum absolute atomic E-state index is 11.5. The maximum Gasteiger partial charge on any atom is 0.228 e. The van der Waals surface area contributed by atoms with Crippen molar-refractivity contribution in [1.29, 1.82) is 0 Å². The van der Waals surface area contributed by atoms with Gasteiger partial charge in [0.05, 0.1) is 12.1 Å². The molecule has 1 aliphatic heterocycles. The number of aromatic nitrogens is 1. The van der Waals surface area contributed by atoms with Gasteiger partial charge in [0.2, 0.25) is 5.91 Å². The van der Waals surface area contributed by atoms with E-state index in [0.29, 0.717) is 6.42 Å². The molecule has 0 saturated heterocycles. The highest BCUT2D eigenvalue weighted by atomic mass is 16.1. The second kappa shape index (κ2) is 4.44. The number of rotatable bonds is 1. The number of hydrogen-bond donors (Lipinski definition) is 1. The van der Waals surface area contributed by atoms with Crippen molar-refractivity contribution in [3.8, 4) is 11.3 Å². The van der Waals surface area contributed by atoms with Crippen LogP contribution in [0, 0.1) is 0 Å². The molecule has 1 aromatic carbocycles. The first-order valence-electron chi connectivity index (χ1n) is 6.84. The average molecular weight is 266 g/mol. The molecule has 3 rings (SSSR count). The number of benzene rings is 1. The summed E-state index contributed by atoms with van der Waals surface area (Å²) in [7, 11) is 0. The SMILES string of the molecule is CC(C)(C)c1ccc(-c2cccc3c2CC(=O)N3)nc1. The number of fused-ring (bicyclic) bond motifs is 1. The zero-order valence-electron chi connectivity index (χ0n) is 12.0. The van der Waals surface area contributed by atoms with E-state index in [0.717, 1.165) is 22.5 Å². The highest BCUT2D eigenvalue weighted by molar-refractivity contribution is 6.01. The molecule has 0 bridgehead atoms. The summed E-state index contributed by atoms with van der Waals surface area (Å²) in [5.41, 5.74) is 5.24. The number of anilines is 1. The number of amides is 1. The minimum atomic E-state index is 0.0544. The Bertz CT molecular complexity index is 666. The van der Waals surface area contributed by atoms with Gasteiger partial charge in [0.25, 0.3) is 0 Å². The Hall–Kier alpha value is -2.16. The first-order chi connectivity index (χ1) is 9.45. The first-order valence-corrected chi connectivity index (χ1v) is 6.84. The van der Waals surface area contributed by atoms with Crippen LogP contribution in [0.4, 0.5) is 5.69 Å². The van der Waals surface area contributed by atoms with Crippen LogP contribution in [-0.4, -0.2) is 10.9 Å². The molecule has 1 amide bonds. The number of nitrogens with one attached hydrogen (secondary N) is 1. The van der Waals surface area contributed by atoms with E-state index in [1.807, 2.05) is 30.5 Å². The Morgan fingerprint density at radius 2 is 1.95 bits per heavy atom. The number of carbonyl (C=O) groups excluding carboxylic acids is 1. The molecule has 102 valence electrons. The van der Waals surface area contributed by atoms with Crippen LogP contribution in [-0.2, 0) is 16.6 Å². The largest absolute Gasteiger partial charge is 0.326 e. The lowest BCUT2D eigenvalue weighted by Crippen LogP contribution is -2.11. The van der Waals surface area contributed by atoms with Crippen LogP contribution in [0.5, 0.6) is 0 Å². The van der Waals surface area contributed by atoms with E-state index in [1.165, 1.54) is 5.56 Å². The fourth-order valence-electron chi connectivity index (χ4n) is 2.49. The summed E-state index contributed by atoms with van der Waals surface area (Å²) in [4.78, 5) is 16.1. The summed E-state index contributed by atoms with van der Waals surface area (Å²) in [5, 5.41) is 2.88. The Morgan fingerprint density at radius 3 is 2.60 bits per heavy atom. The second-order valence-corrected chi connectivity index (χ2v) is 6.24. The van der Waals surface area contributed by atoms with Crippen molar-refractivity contribution in [1.82, 2.24) is 4.98 Å². The minimum Gasteiger partial charge on any atom is -0.326 e. The van der Waals surface area contributed by atoms with E-state index in [1.54, 1.807) is 0 Å². The topological polar surface area (TPSA) is 42.0 Å². The Kier molecular flexibility index (Phi) is 2.85. The Balaban J connectivity index is 2.03. The van der Waals surface area contributed by atoms with Gasteiger partial charge in [0, 0.05) is 17.4 Å². The van der Waals surface area contributed by atoms with E-state index in [2.05, 4.69) is 37.1 Å². The predicted octanol–water partition coefficient (Wildman–Crippen LogP) is 3.54. The van der Waals surface area contributed by atoms with Gasteiger partial charge < -0.3 is 5.32 Å². The van der Waals surface area contributed by atoms with Crippen LogP contribution in [0.3, 0.4) is 0 Å². The zero-order valence-corrected chi connectivity index (χ0v) is 12.0. The van der Waals surface area contributed by atoms with Crippen molar-refractivity contribution >= 4 is 11.6 Å². The lowest BCUT2D eigenvalue weighted by Gasteiger charge is -2.18. The molecule has 3 heteroatoms. The lowest BCUT2D eigenvalue weighted by molar-refractivity contribution is -0.115. The van der Waals surface area contributed by atoms with Crippen molar-refractivity contribution in [3.05, 3.63) is 47.7 Å². The Labute approximate surface area is 119 Å². The van der Waals surface area contributed by atoms with Gasteiger partial charge in [-0.05, 0) is 28.7 Å². The van der Waals surface area contributed by atoms with E-state index in [9.17, 15) is 4.79 Å². The van der Waals surface area contributed by atoms with E-state index < -0.39 is 0 Å². The molecule has 2 heterocycles. The molecular formula is C17H18N2O. The molecule has 0 spiro atoms. The van der Waals surface area contributed by atoms with Crippen molar-refractivity contribution in [3.63, 3.8) is 0 Å². The van der Waals surface area contributed by atoms with E-state index in [-0.39, 0.29) is 11.3 Å². The molecule has 0 radical (unpaired) electrons. The van der Waals surface area contributed by atoms with Crippen LogP contribution in [0.25, 0.3) is 11.3 Å². The number of pyridine rings is 1. The summed E-state index contributed by atoms with van der Waals surface area (Å²) >= 11 is 0. The van der Waals surface area contributed by atoms with Gasteiger partial charge in [-0.1, -0.05) is 39.0 Å². The molecule has 2 aromatic rings. The van der Waals surface area contributed by atoms with Gasteiger partial charge in [-0.2, -0.15) is 0 Å². The maximum atomic E-state index is 11.5. The lowest BCUT2D eigenvalue weighted by atomic mass is 9.88. The smallest absolute Gasteiger partial charge is 0.228 e.